The first-order chi connectivity index (χ1) is 7.77. The van der Waals surface area contributed by atoms with E-state index in [0.717, 1.165) is 31.2 Å². The third kappa shape index (κ3) is 4.18. The Balaban J connectivity index is 2.53. The SMILES string of the molecule is CCCNC(=NCc1scnc1C)NCC. The molecule has 1 aromatic rings. The van der Waals surface area contributed by atoms with E-state index >= 15 is 0 Å². The Morgan fingerprint density at radius 2 is 2.25 bits per heavy atom. The molecule has 0 bridgehead atoms. The number of aromatic nitrogens is 1. The largest absolute Gasteiger partial charge is 0.357 e. The van der Waals surface area contributed by atoms with Gasteiger partial charge >= 0.3 is 0 Å². The predicted molar refractivity (Wildman–Crippen MR) is 70.0 cm³/mol. The lowest BCUT2D eigenvalue weighted by Crippen LogP contribution is -2.37. The van der Waals surface area contributed by atoms with E-state index in [-0.39, 0.29) is 0 Å². The zero-order valence-corrected chi connectivity index (χ0v) is 11.0. The molecule has 1 rings (SSSR count). The number of guanidine groups is 1. The Morgan fingerprint density at radius 1 is 1.44 bits per heavy atom. The zero-order valence-electron chi connectivity index (χ0n) is 10.2. The second kappa shape index (κ2) is 7.22. The van der Waals surface area contributed by atoms with E-state index in [4.69, 9.17) is 0 Å². The molecule has 0 spiro atoms. The van der Waals surface area contributed by atoms with Crippen LogP contribution in [0, 0.1) is 6.92 Å². The molecule has 4 nitrogen and oxygen atoms in total. The predicted octanol–water partition coefficient (Wildman–Crippen LogP) is 1.92. The minimum Gasteiger partial charge on any atom is -0.357 e. The van der Waals surface area contributed by atoms with Gasteiger partial charge in [-0.2, -0.15) is 0 Å². The Labute approximate surface area is 101 Å². The van der Waals surface area contributed by atoms with Crippen LogP contribution < -0.4 is 10.6 Å². The summed E-state index contributed by atoms with van der Waals surface area (Å²) in [5.41, 5.74) is 2.95. The van der Waals surface area contributed by atoms with Crippen LogP contribution in [0.2, 0.25) is 0 Å². The Bertz CT molecular complexity index is 332. The molecule has 5 heteroatoms. The Morgan fingerprint density at radius 3 is 2.81 bits per heavy atom. The number of aliphatic imine (C=N–C) groups is 1. The van der Waals surface area contributed by atoms with Crippen LogP contribution >= 0.6 is 11.3 Å². The van der Waals surface area contributed by atoms with Crippen LogP contribution in [-0.4, -0.2) is 24.0 Å². The fourth-order valence-electron chi connectivity index (χ4n) is 1.21. The van der Waals surface area contributed by atoms with Crippen LogP contribution in [0.5, 0.6) is 0 Å². The molecule has 0 fully saturated rings. The van der Waals surface area contributed by atoms with E-state index in [2.05, 4.69) is 34.5 Å². The number of hydrogen-bond donors (Lipinski definition) is 2. The van der Waals surface area contributed by atoms with Gasteiger partial charge in [0.1, 0.15) is 0 Å². The summed E-state index contributed by atoms with van der Waals surface area (Å²) in [5.74, 6) is 0.886. The van der Waals surface area contributed by atoms with Crippen molar-refractivity contribution in [3.63, 3.8) is 0 Å². The molecule has 0 unspecified atom stereocenters. The third-order valence-electron chi connectivity index (χ3n) is 2.11. The quantitative estimate of drug-likeness (QED) is 0.610. The van der Waals surface area contributed by atoms with Crippen molar-refractivity contribution in [2.45, 2.75) is 33.7 Å². The van der Waals surface area contributed by atoms with Crippen LogP contribution in [0.3, 0.4) is 0 Å². The molecule has 1 aromatic heterocycles. The van der Waals surface area contributed by atoms with Gasteiger partial charge in [-0.25, -0.2) is 9.98 Å². The second-order valence-corrected chi connectivity index (χ2v) is 4.42. The molecule has 16 heavy (non-hydrogen) atoms. The summed E-state index contributed by atoms with van der Waals surface area (Å²) in [6, 6.07) is 0. The molecule has 0 radical (unpaired) electrons. The molecule has 0 saturated carbocycles. The topological polar surface area (TPSA) is 49.3 Å². The van der Waals surface area contributed by atoms with Crippen LogP contribution in [0.15, 0.2) is 10.5 Å². The normalized spacial score (nSPS) is 11.6. The lowest BCUT2D eigenvalue weighted by molar-refractivity contribution is 0.786. The minimum atomic E-state index is 0.704. The molecular weight excluding hydrogens is 220 g/mol. The molecule has 0 atom stereocenters. The van der Waals surface area contributed by atoms with Gasteiger partial charge in [0.25, 0.3) is 0 Å². The van der Waals surface area contributed by atoms with Gasteiger partial charge in [0.15, 0.2) is 5.96 Å². The van der Waals surface area contributed by atoms with E-state index in [9.17, 15) is 0 Å². The minimum absolute atomic E-state index is 0.704. The van der Waals surface area contributed by atoms with Crippen molar-refractivity contribution >= 4 is 17.3 Å². The molecule has 1 heterocycles. The first-order valence-electron chi connectivity index (χ1n) is 5.69. The van der Waals surface area contributed by atoms with Crippen LogP contribution in [0.25, 0.3) is 0 Å². The summed E-state index contributed by atoms with van der Waals surface area (Å²) in [4.78, 5) is 9.96. The van der Waals surface area contributed by atoms with Gasteiger partial charge in [-0.05, 0) is 20.3 Å². The summed E-state index contributed by atoms with van der Waals surface area (Å²) in [7, 11) is 0. The second-order valence-electron chi connectivity index (χ2n) is 3.48. The molecule has 0 amide bonds. The number of thiazole rings is 1. The van der Waals surface area contributed by atoms with Gasteiger partial charge < -0.3 is 10.6 Å². The van der Waals surface area contributed by atoms with Crippen LogP contribution in [0.1, 0.15) is 30.8 Å². The highest BCUT2D eigenvalue weighted by Crippen LogP contribution is 2.12. The van der Waals surface area contributed by atoms with Gasteiger partial charge in [0.2, 0.25) is 0 Å². The summed E-state index contributed by atoms with van der Waals surface area (Å²) >= 11 is 1.66. The molecule has 0 saturated heterocycles. The summed E-state index contributed by atoms with van der Waals surface area (Å²) in [5, 5.41) is 6.50. The smallest absolute Gasteiger partial charge is 0.191 e. The van der Waals surface area contributed by atoms with Crippen molar-refractivity contribution in [1.29, 1.82) is 0 Å². The van der Waals surface area contributed by atoms with E-state index in [0.29, 0.717) is 6.54 Å². The zero-order chi connectivity index (χ0) is 11.8. The maximum absolute atomic E-state index is 4.52. The van der Waals surface area contributed by atoms with Gasteiger partial charge in [-0.1, -0.05) is 6.92 Å². The van der Waals surface area contributed by atoms with E-state index in [1.807, 2.05) is 12.4 Å². The summed E-state index contributed by atoms with van der Waals surface area (Å²) < 4.78 is 0. The van der Waals surface area contributed by atoms with Crippen molar-refractivity contribution in [1.82, 2.24) is 15.6 Å². The summed E-state index contributed by atoms with van der Waals surface area (Å²) in [6.45, 7) is 8.78. The van der Waals surface area contributed by atoms with Gasteiger partial charge in [-0.3, -0.25) is 0 Å². The molecule has 90 valence electrons. The molecule has 0 aliphatic rings. The number of hydrogen-bond acceptors (Lipinski definition) is 3. The van der Waals surface area contributed by atoms with Crippen molar-refractivity contribution in [2.75, 3.05) is 13.1 Å². The third-order valence-corrected chi connectivity index (χ3v) is 3.03. The fourth-order valence-corrected chi connectivity index (χ4v) is 1.91. The number of nitrogens with zero attached hydrogens (tertiary/aromatic N) is 2. The molecule has 0 aliphatic heterocycles. The van der Waals surface area contributed by atoms with Crippen molar-refractivity contribution < 1.29 is 0 Å². The van der Waals surface area contributed by atoms with E-state index in [1.165, 1.54) is 4.88 Å². The standard InChI is InChI=1S/C11H20N4S/c1-4-6-13-11(12-5-2)14-7-10-9(3)15-8-16-10/h8H,4-7H2,1-3H3,(H2,12,13,14). The first-order valence-corrected chi connectivity index (χ1v) is 6.57. The van der Waals surface area contributed by atoms with Gasteiger partial charge in [0, 0.05) is 18.0 Å². The fraction of sp³-hybridized carbons (Fsp3) is 0.636. The highest BCUT2D eigenvalue weighted by Gasteiger charge is 2.01. The average molecular weight is 240 g/mol. The van der Waals surface area contributed by atoms with Crippen LogP contribution in [-0.2, 0) is 6.54 Å². The molecule has 0 aliphatic carbocycles. The van der Waals surface area contributed by atoms with Crippen molar-refractivity contribution in [3.05, 3.63) is 16.1 Å². The van der Waals surface area contributed by atoms with Gasteiger partial charge in [-0.15, -0.1) is 11.3 Å². The summed E-state index contributed by atoms with van der Waals surface area (Å²) in [6.07, 6.45) is 1.10. The Hall–Kier alpha value is -1.10. The lowest BCUT2D eigenvalue weighted by atomic mass is 10.4. The van der Waals surface area contributed by atoms with Crippen molar-refractivity contribution in [2.24, 2.45) is 4.99 Å². The maximum atomic E-state index is 4.52. The maximum Gasteiger partial charge on any atom is 0.191 e. The average Bonchev–Trinajstić information content (AvgIpc) is 2.68. The number of rotatable bonds is 5. The number of nitrogens with one attached hydrogen (secondary N) is 2. The molecule has 2 N–H and O–H groups in total. The molecular formula is C11H20N4S. The molecule has 0 aromatic carbocycles. The van der Waals surface area contributed by atoms with E-state index in [1.54, 1.807) is 11.3 Å². The lowest BCUT2D eigenvalue weighted by Gasteiger charge is -2.09. The Kier molecular flexibility index (Phi) is 5.85. The number of aryl methyl sites for hydroxylation is 1. The first kappa shape index (κ1) is 13.0. The van der Waals surface area contributed by atoms with Gasteiger partial charge in [0.05, 0.1) is 17.7 Å². The monoisotopic (exact) mass is 240 g/mol. The van der Waals surface area contributed by atoms with E-state index < -0.39 is 0 Å². The highest BCUT2D eigenvalue weighted by atomic mass is 32.1. The van der Waals surface area contributed by atoms with Crippen molar-refractivity contribution in [3.8, 4) is 0 Å². The van der Waals surface area contributed by atoms with Crippen LogP contribution in [0.4, 0.5) is 0 Å². The highest BCUT2D eigenvalue weighted by molar-refractivity contribution is 7.09.